The zero-order chi connectivity index (χ0) is 15.2. The Morgan fingerprint density at radius 1 is 1.24 bits per heavy atom. The van der Waals surface area contributed by atoms with Gasteiger partial charge < -0.3 is 5.32 Å². The summed E-state index contributed by atoms with van der Waals surface area (Å²) in [5.74, 6) is 1.14. The third-order valence-corrected chi connectivity index (χ3v) is 5.41. The fourth-order valence-corrected chi connectivity index (χ4v) is 3.81. The van der Waals surface area contributed by atoms with Crippen LogP contribution in [0.5, 0.6) is 0 Å². The average Bonchev–Trinajstić information content (AvgIpc) is 2.44. The second-order valence-electron chi connectivity index (χ2n) is 5.88. The fourth-order valence-electron chi connectivity index (χ4n) is 2.64. The molecule has 2 rings (SSSR count). The van der Waals surface area contributed by atoms with Crippen LogP contribution in [0.4, 0.5) is 0 Å². The topological polar surface area (TPSA) is 46.2 Å². The van der Waals surface area contributed by atoms with Gasteiger partial charge in [-0.25, -0.2) is 0 Å². The second kappa shape index (κ2) is 7.95. The van der Waals surface area contributed by atoms with Crippen molar-refractivity contribution in [3.8, 4) is 0 Å². The van der Waals surface area contributed by atoms with Gasteiger partial charge in [0.05, 0.1) is 0 Å². The molecule has 116 valence electrons. The molecule has 0 aromatic heterocycles. The minimum atomic E-state index is -1.17. The predicted molar refractivity (Wildman–Crippen MR) is 87.7 cm³/mol. The number of rotatable bonds is 5. The molecule has 1 saturated carbocycles. The molecule has 1 unspecified atom stereocenters. The average molecular weight is 328 g/mol. The van der Waals surface area contributed by atoms with E-state index in [1.54, 1.807) is 12.1 Å². The minimum absolute atomic E-state index is 0.0781. The standard InChI is InChI=1S/C16H22ClNO2S/c1-12-2-8-15(9-3-12)18-16(19)11-21(20)10-13-4-6-14(17)7-5-13/h4-7,12,15H,2-3,8-11H2,1H3,(H,18,19). The van der Waals surface area contributed by atoms with E-state index in [9.17, 15) is 9.00 Å². The summed E-state index contributed by atoms with van der Waals surface area (Å²) in [5, 5.41) is 3.67. The van der Waals surface area contributed by atoms with Gasteiger partial charge in [0.15, 0.2) is 0 Å². The Kier molecular flexibility index (Phi) is 6.24. The lowest BCUT2D eigenvalue weighted by Gasteiger charge is -2.26. The number of carbonyl (C=O) groups is 1. The van der Waals surface area contributed by atoms with Gasteiger partial charge in [0.2, 0.25) is 5.91 Å². The van der Waals surface area contributed by atoms with E-state index < -0.39 is 10.8 Å². The van der Waals surface area contributed by atoms with Gasteiger partial charge in [0.25, 0.3) is 0 Å². The molecule has 0 radical (unpaired) electrons. The van der Waals surface area contributed by atoms with Crippen molar-refractivity contribution in [3.63, 3.8) is 0 Å². The molecule has 0 spiro atoms. The number of benzene rings is 1. The van der Waals surface area contributed by atoms with Crippen molar-refractivity contribution < 1.29 is 9.00 Å². The molecular formula is C16H22ClNO2S. The Morgan fingerprint density at radius 3 is 2.48 bits per heavy atom. The third-order valence-electron chi connectivity index (χ3n) is 3.91. The Morgan fingerprint density at radius 2 is 1.86 bits per heavy atom. The highest BCUT2D eigenvalue weighted by molar-refractivity contribution is 7.84. The van der Waals surface area contributed by atoms with E-state index in [1.807, 2.05) is 12.1 Å². The van der Waals surface area contributed by atoms with Crippen LogP contribution in [-0.4, -0.2) is 21.9 Å². The first kappa shape index (κ1) is 16.5. The van der Waals surface area contributed by atoms with Gasteiger partial charge in [-0.1, -0.05) is 30.7 Å². The van der Waals surface area contributed by atoms with Gasteiger partial charge in [-0.3, -0.25) is 9.00 Å². The molecule has 0 saturated heterocycles. The van der Waals surface area contributed by atoms with Gasteiger partial charge in [0, 0.05) is 27.6 Å². The number of carbonyl (C=O) groups excluding carboxylic acids is 1. The number of halogens is 1. The highest BCUT2D eigenvalue weighted by atomic mass is 35.5. The molecule has 1 amide bonds. The van der Waals surface area contributed by atoms with Crippen LogP contribution in [0.2, 0.25) is 5.02 Å². The third kappa shape index (κ3) is 5.79. The van der Waals surface area contributed by atoms with Gasteiger partial charge in [0.1, 0.15) is 5.75 Å². The lowest BCUT2D eigenvalue weighted by molar-refractivity contribution is -0.119. The molecule has 0 bridgehead atoms. The summed E-state index contributed by atoms with van der Waals surface area (Å²) in [4.78, 5) is 11.9. The summed E-state index contributed by atoms with van der Waals surface area (Å²) in [6, 6.07) is 7.51. The molecule has 1 aliphatic carbocycles. The fraction of sp³-hybridized carbons (Fsp3) is 0.562. The quantitative estimate of drug-likeness (QED) is 0.902. The van der Waals surface area contributed by atoms with Crippen molar-refractivity contribution in [2.24, 2.45) is 5.92 Å². The summed E-state index contributed by atoms with van der Waals surface area (Å²) in [7, 11) is -1.17. The maximum atomic E-state index is 12.0. The Hall–Kier alpha value is -0.870. The molecule has 1 fully saturated rings. The first-order valence-electron chi connectivity index (χ1n) is 7.41. The van der Waals surface area contributed by atoms with Crippen molar-refractivity contribution in [2.75, 3.05) is 5.75 Å². The zero-order valence-electron chi connectivity index (χ0n) is 12.3. The SMILES string of the molecule is CC1CCC(NC(=O)CS(=O)Cc2ccc(Cl)cc2)CC1. The number of nitrogens with one attached hydrogen (secondary N) is 1. The number of hydrogen-bond acceptors (Lipinski definition) is 2. The number of amides is 1. The van der Waals surface area contributed by atoms with Crippen molar-refractivity contribution in [2.45, 2.75) is 44.4 Å². The van der Waals surface area contributed by atoms with Gasteiger partial charge in [-0.05, 0) is 49.3 Å². The van der Waals surface area contributed by atoms with E-state index in [2.05, 4.69) is 12.2 Å². The van der Waals surface area contributed by atoms with E-state index in [-0.39, 0.29) is 17.7 Å². The smallest absolute Gasteiger partial charge is 0.232 e. The van der Waals surface area contributed by atoms with E-state index in [0.717, 1.165) is 24.3 Å². The largest absolute Gasteiger partial charge is 0.353 e. The van der Waals surface area contributed by atoms with Crippen LogP contribution in [0.1, 0.15) is 38.2 Å². The van der Waals surface area contributed by atoms with E-state index >= 15 is 0 Å². The summed E-state index contributed by atoms with van der Waals surface area (Å²) in [5.41, 5.74) is 0.942. The summed E-state index contributed by atoms with van der Waals surface area (Å²) in [6.45, 7) is 2.25. The monoisotopic (exact) mass is 327 g/mol. The van der Waals surface area contributed by atoms with Crippen molar-refractivity contribution in [1.29, 1.82) is 0 Å². The van der Waals surface area contributed by atoms with Crippen LogP contribution in [0.3, 0.4) is 0 Å². The van der Waals surface area contributed by atoms with Crippen molar-refractivity contribution in [3.05, 3.63) is 34.9 Å². The molecular weight excluding hydrogens is 306 g/mol. The van der Waals surface area contributed by atoms with E-state index in [4.69, 9.17) is 11.6 Å². The lowest BCUT2D eigenvalue weighted by Crippen LogP contribution is -2.39. The van der Waals surface area contributed by atoms with Crippen LogP contribution in [0, 0.1) is 5.92 Å². The van der Waals surface area contributed by atoms with Crippen LogP contribution >= 0.6 is 11.6 Å². The maximum Gasteiger partial charge on any atom is 0.232 e. The summed E-state index contributed by atoms with van der Waals surface area (Å²) in [6.07, 6.45) is 4.41. The Balaban J connectivity index is 1.74. The summed E-state index contributed by atoms with van der Waals surface area (Å²) >= 11 is 5.81. The van der Waals surface area contributed by atoms with Crippen molar-refractivity contribution >= 4 is 28.3 Å². The molecule has 1 aromatic rings. The molecule has 0 heterocycles. The molecule has 3 nitrogen and oxygen atoms in total. The summed E-state index contributed by atoms with van der Waals surface area (Å²) < 4.78 is 12.0. The minimum Gasteiger partial charge on any atom is -0.353 e. The molecule has 1 atom stereocenters. The first-order valence-corrected chi connectivity index (χ1v) is 9.28. The normalized spacial score (nSPS) is 23.5. The van der Waals surface area contributed by atoms with Crippen molar-refractivity contribution in [1.82, 2.24) is 5.32 Å². The highest BCUT2D eigenvalue weighted by Gasteiger charge is 2.20. The zero-order valence-corrected chi connectivity index (χ0v) is 13.9. The molecule has 1 aliphatic rings. The van der Waals surface area contributed by atoms with Gasteiger partial charge >= 0.3 is 0 Å². The Labute approximate surface area is 133 Å². The van der Waals surface area contributed by atoms with Crippen LogP contribution in [0.15, 0.2) is 24.3 Å². The number of hydrogen-bond donors (Lipinski definition) is 1. The van der Waals surface area contributed by atoms with E-state index in [1.165, 1.54) is 12.8 Å². The second-order valence-corrected chi connectivity index (χ2v) is 7.77. The molecule has 21 heavy (non-hydrogen) atoms. The maximum absolute atomic E-state index is 12.0. The first-order chi connectivity index (χ1) is 10.0. The molecule has 0 aliphatic heterocycles. The van der Waals surface area contributed by atoms with Gasteiger partial charge in [-0.15, -0.1) is 0 Å². The van der Waals surface area contributed by atoms with Crippen LogP contribution in [-0.2, 0) is 21.3 Å². The lowest BCUT2D eigenvalue weighted by atomic mass is 9.87. The highest BCUT2D eigenvalue weighted by Crippen LogP contribution is 2.23. The van der Waals surface area contributed by atoms with E-state index in [0.29, 0.717) is 10.8 Å². The Bertz CT molecular complexity index is 496. The molecule has 1 N–H and O–H groups in total. The van der Waals surface area contributed by atoms with Crippen LogP contribution < -0.4 is 5.32 Å². The van der Waals surface area contributed by atoms with Gasteiger partial charge in [-0.2, -0.15) is 0 Å². The predicted octanol–water partition coefficient (Wildman–Crippen LogP) is 3.28. The molecule has 5 heteroatoms. The van der Waals surface area contributed by atoms with Crippen LogP contribution in [0.25, 0.3) is 0 Å². The molecule has 1 aromatic carbocycles.